The zero-order valence-corrected chi connectivity index (χ0v) is 80.4. The van der Waals surface area contributed by atoms with E-state index in [-0.39, 0.29) is 80.0 Å². The summed E-state index contributed by atoms with van der Waals surface area (Å²) in [7, 11) is 0. The average Bonchev–Trinajstić information content (AvgIpc) is 0.718. The van der Waals surface area contributed by atoms with E-state index in [4.69, 9.17) is 94.7 Å². The van der Waals surface area contributed by atoms with Crippen LogP contribution >= 0.6 is 0 Å². The van der Waals surface area contributed by atoms with E-state index in [1.54, 1.807) is 0 Å². The topological polar surface area (TPSA) is 185 Å². The number of rotatable bonds is 40. The molecule has 0 aromatic heterocycles. The Kier molecular flexibility index (Phi) is 32.7. The van der Waals surface area contributed by atoms with Crippen LogP contribution in [0.4, 0.5) is 0 Å². The summed E-state index contributed by atoms with van der Waals surface area (Å²) in [5, 5.41) is 0. The van der Waals surface area contributed by atoms with E-state index >= 15 is 0 Å². The van der Waals surface area contributed by atoms with Crippen molar-refractivity contribution < 1.29 is 94.7 Å². The zero-order chi connectivity index (χ0) is 90.5. The molecule has 0 fully saturated rings. The molecule has 0 N–H and O–H groups in total. The Morgan fingerprint density at radius 1 is 0.182 bits per heavy atom. The van der Waals surface area contributed by atoms with Crippen LogP contribution in [0.1, 0.15) is 346 Å². The SMILES string of the molecule is CCCCCCOc1c2cc3cc1Cc1cc4cc(c1OCCCCCC)Cc1cc5cc(c1OCCCCCC)Cc1cc(cc(c1OCCCCCC)C2)OCCOc1c2c6c(CCCCC)c7c1OCOc1c(c(CCCCC)c8c(c1OCCO5)OCOc1c(c(CCCCC)c5c(c1OCCO4)OCOc1c(c(CCCCC)c(c(c1OCCO3)OCO2)C6)C5)C8)C7. The van der Waals surface area contributed by atoms with Gasteiger partial charge in [-0.1, -0.05) is 184 Å². The van der Waals surface area contributed by atoms with Crippen molar-refractivity contribution in [1.29, 1.82) is 0 Å². The molecule has 0 amide bonds. The molecule has 0 saturated heterocycles. The first kappa shape index (κ1) is 93.6. The van der Waals surface area contributed by atoms with Crippen LogP contribution in [0.15, 0.2) is 48.5 Å². The molecule has 0 unspecified atom stereocenters. The smallest absolute Gasteiger partial charge is 0.231 e. The summed E-state index contributed by atoms with van der Waals surface area (Å²) in [5.41, 5.74) is 19.9. The van der Waals surface area contributed by atoms with Crippen molar-refractivity contribution >= 4 is 0 Å². The van der Waals surface area contributed by atoms with Crippen LogP contribution < -0.4 is 94.7 Å². The van der Waals surface area contributed by atoms with E-state index in [2.05, 4.69) is 104 Å². The Bertz CT molecular complexity index is 4410. The molecule has 0 saturated carbocycles. The maximum atomic E-state index is 7.64. The lowest BCUT2D eigenvalue weighted by Crippen LogP contribution is -2.25. The van der Waals surface area contributed by atoms with Crippen molar-refractivity contribution in [2.45, 2.75) is 312 Å². The molecule has 13 aliphatic rings. The van der Waals surface area contributed by atoms with Crippen LogP contribution in [0.5, 0.6) is 115 Å². The predicted octanol–water partition coefficient (Wildman–Crippen LogP) is 25.5. The Morgan fingerprint density at radius 3 is 0.538 bits per heavy atom. The van der Waals surface area contributed by atoms with Crippen molar-refractivity contribution in [2.24, 2.45) is 0 Å². The Balaban J connectivity index is 1.02. The number of hydrogen-bond acceptors (Lipinski definition) is 20. The minimum absolute atomic E-state index is 0.0833. The predicted molar refractivity (Wildman–Crippen MR) is 514 cm³/mol. The van der Waals surface area contributed by atoms with Crippen molar-refractivity contribution in [1.82, 2.24) is 0 Å². The number of hydrogen-bond donors (Lipinski definition) is 0. The molecule has 32 bridgehead atoms. The Hall–Kier alpha value is -10.2. The fourth-order valence-corrected chi connectivity index (χ4v) is 21.1. The first-order chi connectivity index (χ1) is 65.2. The van der Waals surface area contributed by atoms with E-state index in [0.29, 0.717) is 195 Å². The molecule has 8 aromatic carbocycles. The van der Waals surface area contributed by atoms with Crippen LogP contribution in [-0.2, 0) is 77.0 Å². The standard InChI is InChI=1S/C112H144O20/c1-9-17-25-33-41-117-97-73-53-75-59-82-61-77(98(75)118-42-34-26-18-10-2)55-79-63-84-64-80(100(79)120-44-36-28-20-12-4)56-78-62-83-60-76(99(78)119-43-35-27-19-11-3)54-74(97)58-81(57-73)113-45-49-121-109-101-89-65-91-86(38-30-22-14-6)93-67-95-88(40-32-24-16-8)96-68-94-87(39-31-23-15-7)92-66-90(85(89)37-29-21-13-5)102(109)126-70-128-104(92)111(123-51-47-115-83)106(94)130-72-132-108(96)112(124-52-48-116-84)107(95)131-71-129-105(93)110(122-50-46-114-82)103(91)127-69-125-101/h57-64H,9-56,65-72H2,1-8H3. The summed E-state index contributed by atoms with van der Waals surface area (Å²) in [6, 6.07) is 17.5. The van der Waals surface area contributed by atoms with E-state index in [1.807, 2.05) is 0 Å². The van der Waals surface area contributed by atoms with Gasteiger partial charge in [0.05, 0.1) is 26.4 Å². The Labute approximate surface area is 783 Å². The molecular formula is C112H144O20. The van der Waals surface area contributed by atoms with Gasteiger partial charge < -0.3 is 94.7 Å². The lowest BCUT2D eigenvalue weighted by molar-refractivity contribution is 0.0811. The van der Waals surface area contributed by atoms with Crippen molar-refractivity contribution in [3.63, 3.8) is 0 Å². The van der Waals surface area contributed by atoms with E-state index in [9.17, 15) is 0 Å². The first-order valence-corrected chi connectivity index (χ1v) is 51.2. The molecule has 21 rings (SSSR count). The highest BCUT2D eigenvalue weighted by Crippen LogP contribution is 2.60. The van der Waals surface area contributed by atoms with Crippen LogP contribution in [0.2, 0.25) is 0 Å². The second-order valence-corrected chi connectivity index (χ2v) is 37.3. The van der Waals surface area contributed by atoms with Gasteiger partial charge in [0.2, 0.25) is 50.2 Å². The van der Waals surface area contributed by atoms with E-state index in [1.165, 1.54) is 0 Å². The monoisotopic (exact) mass is 1810 g/mol. The van der Waals surface area contributed by atoms with Crippen molar-refractivity contribution in [3.05, 3.63) is 160 Å². The van der Waals surface area contributed by atoms with Crippen molar-refractivity contribution in [2.75, 3.05) is 106 Å². The lowest BCUT2D eigenvalue weighted by Gasteiger charge is -2.35. The number of benzene rings is 8. The molecule has 712 valence electrons. The van der Waals surface area contributed by atoms with Gasteiger partial charge in [-0.15, -0.1) is 0 Å². The van der Waals surface area contributed by atoms with Gasteiger partial charge in [0.25, 0.3) is 0 Å². The van der Waals surface area contributed by atoms with Gasteiger partial charge in [0, 0.05) is 140 Å². The summed E-state index contributed by atoms with van der Waals surface area (Å²) < 4.78 is 150. The van der Waals surface area contributed by atoms with Gasteiger partial charge in [-0.2, -0.15) is 0 Å². The largest absolute Gasteiger partial charge is 0.493 e. The number of ether oxygens (including phenoxy) is 20. The molecule has 0 radical (unpaired) electrons. The summed E-state index contributed by atoms with van der Waals surface area (Å²) in [6.45, 7) is 20.0. The highest BCUT2D eigenvalue weighted by molar-refractivity contribution is 5.76. The molecule has 0 atom stereocenters. The molecule has 12 aliphatic heterocycles. The van der Waals surface area contributed by atoms with Crippen LogP contribution in [0.25, 0.3) is 0 Å². The molecule has 0 spiro atoms. The summed E-state index contributed by atoms with van der Waals surface area (Å²) in [4.78, 5) is 0. The molecule has 8 aromatic rings. The fourth-order valence-electron chi connectivity index (χ4n) is 21.1. The number of unbranched alkanes of at least 4 members (excludes halogenated alkanes) is 20. The maximum absolute atomic E-state index is 7.64. The van der Waals surface area contributed by atoms with E-state index in [0.717, 1.165) is 314 Å². The average molecular weight is 1810 g/mol. The third-order valence-corrected chi connectivity index (χ3v) is 27.7. The van der Waals surface area contributed by atoms with Gasteiger partial charge in [-0.3, -0.25) is 0 Å². The molecule has 1 aliphatic carbocycles. The quantitative estimate of drug-likeness (QED) is 0.0330. The van der Waals surface area contributed by atoms with Gasteiger partial charge in [-0.05, 0) is 148 Å². The summed E-state index contributed by atoms with van der Waals surface area (Å²) in [5.74, 6) is 11.9. The highest BCUT2D eigenvalue weighted by Gasteiger charge is 2.42. The van der Waals surface area contributed by atoms with Gasteiger partial charge >= 0.3 is 0 Å². The Morgan fingerprint density at radius 2 is 0.356 bits per heavy atom. The number of fused-ring (bicyclic) bond motifs is 8. The fraction of sp³-hybridized carbons (Fsp3) is 0.571. The van der Waals surface area contributed by atoms with E-state index < -0.39 is 0 Å². The molecule has 132 heavy (non-hydrogen) atoms. The minimum atomic E-state index is -0.224. The van der Waals surface area contributed by atoms with Crippen LogP contribution in [0, 0.1) is 0 Å². The highest BCUT2D eigenvalue weighted by atomic mass is 16.7. The molecule has 20 heteroatoms. The third-order valence-electron chi connectivity index (χ3n) is 27.7. The zero-order valence-electron chi connectivity index (χ0n) is 80.4. The lowest BCUT2D eigenvalue weighted by atomic mass is 9.79. The van der Waals surface area contributed by atoms with Crippen molar-refractivity contribution in [3.8, 4) is 115 Å². The molecule has 20 nitrogen and oxygen atoms in total. The molecule has 12 heterocycles. The minimum Gasteiger partial charge on any atom is -0.493 e. The third kappa shape index (κ3) is 21.3. The van der Waals surface area contributed by atoms with Gasteiger partial charge in [0.1, 0.15) is 98.9 Å². The molecular weight excluding hydrogens is 1670 g/mol. The van der Waals surface area contributed by atoms with Gasteiger partial charge in [-0.25, -0.2) is 0 Å². The normalized spacial score (nSPS) is 15.2. The van der Waals surface area contributed by atoms with Crippen LogP contribution in [0.3, 0.4) is 0 Å². The van der Waals surface area contributed by atoms with Crippen LogP contribution in [-0.4, -0.2) is 106 Å². The van der Waals surface area contributed by atoms with Gasteiger partial charge in [0.15, 0.2) is 46.0 Å². The second kappa shape index (κ2) is 46.1. The summed E-state index contributed by atoms with van der Waals surface area (Å²) in [6.07, 6.45) is 33.5. The second-order valence-electron chi connectivity index (χ2n) is 37.3. The first-order valence-electron chi connectivity index (χ1n) is 51.2. The summed E-state index contributed by atoms with van der Waals surface area (Å²) >= 11 is 0. The maximum Gasteiger partial charge on any atom is 0.231 e.